The molecule has 5 heteroatoms. The van der Waals surface area contributed by atoms with E-state index in [1.54, 1.807) is 20.8 Å². The van der Waals surface area contributed by atoms with Gasteiger partial charge in [0.05, 0.1) is 0 Å². The molecule has 4 rings (SSSR count). The van der Waals surface area contributed by atoms with Gasteiger partial charge in [-0.15, -0.1) is 0 Å². The lowest BCUT2D eigenvalue weighted by molar-refractivity contribution is -0.146. The Labute approximate surface area is 194 Å². The molecule has 0 radical (unpaired) electrons. The van der Waals surface area contributed by atoms with Gasteiger partial charge >= 0.3 is 12.1 Å². The molecule has 1 atom stereocenters. The van der Waals surface area contributed by atoms with Crippen molar-refractivity contribution in [3.05, 3.63) is 95.6 Å². The van der Waals surface area contributed by atoms with Gasteiger partial charge in [0.2, 0.25) is 0 Å². The molecule has 1 aliphatic carbocycles. The third-order valence-electron chi connectivity index (χ3n) is 5.61. The summed E-state index contributed by atoms with van der Waals surface area (Å²) in [5.41, 5.74) is 4.89. The normalized spacial score (nSPS) is 13.5. The van der Waals surface area contributed by atoms with Crippen molar-refractivity contribution in [3.8, 4) is 11.1 Å². The maximum atomic E-state index is 13.1. The van der Waals surface area contributed by atoms with Crippen LogP contribution in [-0.4, -0.2) is 30.3 Å². The Balaban J connectivity index is 1.50. The van der Waals surface area contributed by atoms with Crippen LogP contribution in [0.1, 0.15) is 43.4 Å². The fourth-order valence-corrected chi connectivity index (χ4v) is 4.20. The van der Waals surface area contributed by atoms with Crippen LogP contribution >= 0.6 is 0 Å². The Kier molecular flexibility index (Phi) is 6.50. The summed E-state index contributed by atoms with van der Waals surface area (Å²) < 4.78 is 11.2. The highest BCUT2D eigenvalue weighted by atomic mass is 16.6. The summed E-state index contributed by atoms with van der Waals surface area (Å²) in [6.07, 6.45) is -0.325. The van der Waals surface area contributed by atoms with Crippen molar-refractivity contribution < 1.29 is 19.1 Å². The molecular weight excluding hydrogens is 414 g/mol. The summed E-state index contributed by atoms with van der Waals surface area (Å²) in [6, 6.07) is 25.1. The molecule has 3 aromatic carbocycles. The van der Waals surface area contributed by atoms with E-state index in [0.717, 1.165) is 16.7 Å². The van der Waals surface area contributed by atoms with E-state index >= 15 is 0 Å². The second-order valence-corrected chi connectivity index (χ2v) is 9.25. The zero-order valence-electron chi connectivity index (χ0n) is 19.2. The number of carbonyl (C=O) groups is 2. The maximum Gasteiger partial charge on any atom is 0.408 e. The minimum Gasteiger partial charge on any atom is -0.463 e. The molecular formula is C28H29NO4. The van der Waals surface area contributed by atoms with E-state index in [2.05, 4.69) is 29.6 Å². The van der Waals surface area contributed by atoms with Crippen molar-refractivity contribution in [2.24, 2.45) is 0 Å². The van der Waals surface area contributed by atoms with E-state index in [1.807, 2.05) is 54.6 Å². The molecule has 3 aromatic rings. The van der Waals surface area contributed by atoms with E-state index < -0.39 is 23.7 Å². The molecule has 0 aliphatic heterocycles. The monoisotopic (exact) mass is 443 g/mol. The van der Waals surface area contributed by atoms with Crippen LogP contribution in [0.3, 0.4) is 0 Å². The largest absolute Gasteiger partial charge is 0.463 e. The Hall–Kier alpha value is -3.60. The Morgan fingerprint density at radius 3 is 1.97 bits per heavy atom. The van der Waals surface area contributed by atoms with E-state index in [-0.39, 0.29) is 12.5 Å². The molecule has 0 fully saturated rings. The van der Waals surface area contributed by atoms with Gasteiger partial charge in [-0.05, 0) is 48.6 Å². The number of rotatable bonds is 6. The Morgan fingerprint density at radius 1 is 0.848 bits per heavy atom. The molecule has 5 nitrogen and oxygen atoms in total. The van der Waals surface area contributed by atoms with E-state index in [1.165, 1.54) is 11.1 Å². The fraction of sp³-hybridized carbons (Fsp3) is 0.286. The second kappa shape index (κ2) is 9.49. The van der Waals surface area contributed by atoms with Gasteiger partial charge in [-0.3, -0.25) is 0 Å². The first kappa shape index (κ1) is 22.6. The van der Waals surface area contributed by atoms with Crippen LogP contribution < -0.4 is 5.32 Å². The number of alkyl carbamates (subject to hydrolysis) is 1. The van der Waals surface area contributed by atoms with Crippen molar-refractivity contribution in [2.75, 3.05) is 6.61 Å². The molecule has 0 spiro atoms. The average molecular weight is 444 g/mol. The molecule has 0 aromatic heterocycles. The topological polar surface area (TPSA) is 64.6 Å². The molecule has 170 valence electrons. The van der Waals surface area contributed by atoms with Gasteiger partial charge in [0, 0.05) is 12.3 Å². The van der Waals surface area contributed by atoms with Crippen LogP contribution in [0.2, 0.25) is 0 Å². The van der Waals surface area contributed by atoms with E-state index in [0.29, 0.717) is 6.42 Å². The van der Waals surface area contributed by atoms with Gasteiger partial charge in [-0.25, -0.2) is 9.59 Å². The summed E-state index contributed by atoms with van der Waals surface area (Å²) in [6.45, 7) is 5.55. The number of amides is 1. The lowest BCUT2D eigenvalue weighted by Crippen LogP contribution is -2.45. The van der Waals surface area contributed by atoms with Crippen molar-refractivity contribution in [1.82, 2.24) is 5.32 Å². The maximum absolute atomic E-state index is 13.1. The van der Waals surface area contributed by atoms with Crippen LogP contribution in [0.15, 0.2) is 78.9 Å². The fourth-order valence-electron chi connectivity index (χ4n) is 4.20. The number of nitrogens with one attached hydrogen (secondary N) is 1. The lowest BCUT2D eigenvalue weighted by Gasteiger charge is -2.23. The van der Waals surface area contributed by atoms with Crippen LogP contribution in [-0.2, 0) is 20.7 Å². The van der Waals surface area contributed by atoms with Gasteiger partial charge in [-0.1, -0.05) is 78.9 Å². The SMILES string of the molecule is CC(C)(C)OC(=O)N[C@@H](Cc1ccccc1)C(=O)OCC1c2ccccc2-c2ccccc21. The zero-order chi connectivity index (χ0) is 23.4. The number of ether oxygens (including phenoxy) is 2. The van der Waals surface area contributed by atoms with Crippen molar-refractivity contribution in [1.29, 1.82) is 0 Å². The minimum absolute atomic E-state index is 0.0414. The quantitative estimate of drug-likeness (QED) is 0.513. The smallest absolute Gasteiger partial charge is 0.408 e. The molecule has 1 N–H and O–H groups in total. The molecule has 0 unspecified atom stereocenters. The predicted molar refractivity (Wildman–Crippen MR) is 128 cm³/mol. The average Bonchev–Trinajstić information content (AvgIpc) is 3.10. The summed E-state index contributed by atoms with van der Waals surface area (Å²) in [5.74, 6) is -0.521. The molecule has 1 aliphatic rings. The standard InChI is InChI=1S/C28H29NO4/c1-28(2,3)33-27(31)29-25(17-19-11-5-4-6-12-19)26(30)32-18-24-22-15-9-7-13-20(22)21-14-8-10-16-23(21)24/h4-16,24-25H,17-18H2,1-3H3,(H,29,31)/t25-/m0/s1. The van der Waals surface area contributed by atoms with Crippen molar-refractivity contribution in [3.63, 3.8) is 0 Å². The number of esters is 1. The van der Waals surface area contributed by atoms with E-state index in [4.69, 9.17) is 9.47 Å². The van der Waals surface area contributed by atoms with Crippen LogP contribution in [0.5, 0.6) is 0 Å². The van der Waals surface area contributed by atoms with Gasteiger partial charge in [0.1, 0.15) is 18.2 Å². The molecule has 0 saturated heterocycles. The Bertz CT molecular complexity index is 1090. The van der Waals surface area contributed by atoms with Gasteiger partial charge in [0.25, 0.3) is 0 Å². The third kappa shape index (κ3) is 5.43. The molecule has 0 saturated carbocycles. The number of hydrogen-bond acceptors (Lipinski definition) is 4. The minimum atomic E-state index is -0.853. The summed E-state index contributed by atoms with van der Waals surface area (Å²) in [5, 5.41) is 2.70. The number of fused-ring (bicyclic) bond motifs is 3. The van der Waals surface area contributed by atoms with Crippen LogP contribution in [0.25, 0.3) is 11.1 Å². The van der Waals surface area contributed by atoms with Crippen molar-refractivity contribution >= 4 is 12.1 Å². The number of benzene rings is 3. The molecule has 33 heavy (non-hydrogen) atoms. The van der Waals surface area contributed by atoms with E-state index in [9.17, 15) is 9.59 Å². The Morgan fingerprint density at radius 2 is 1.39 bits per heavy atom. The summed E-state index contributed by atoms with van der Waals surface area (Å²) >= 11 is 0. The highest BCUT2D eigenvalue weighted by molar-refractivity contribution is 5.82. The van der Waals surface area contributed by atoms with Gasteiger partial charge in [0.15, 0.2) is 0 Å². The number of hydrogen-bond donors (Lipinski definition) is 1. The van der Waals surface area contributed by atoms with Crippen LogP contribution in [0.4, 0.5) is 4.79 Å². The third-order valence-corrected chi connectivity index (χ3v) is 5.61. The number of carbonyl (C=O) groups excluding carboxylic acids is 2. The lowest BCUT2D eigenvalue weighted by atomic mass is 9.98. The summed E-state index contributed by atoms with van der Waals surface area (Å²) in [4.78, 5) is 25.5. The first-order valence-corrected chi connectivity index (χ1v) is 11.2. The molecule has 1 amide bonds. The first-order chi connectivity index (χ1) is 15.8. The van der Waals surface area contributed by atoms with Gasteiger partial charge in [-0.2, -0.15) is 0 Å². The van der Waals surface area contributed by atoms with Gasteiger partial charge < -0.3 is 14.8 Å². The highest BCUT2D eigenvalue weighted by Crippen LogP contribution is 2.44. The van der Waals surface area contributed by atoms with Crippen LogP contribution in [0, 0.1) is 0 Å². The molecule has 0 bridgehead atoms. The van der Waals surface area contributed by atoms with Crippen molar-refractivity contribution in [2.45, 2.75) is 44.8 Å². The zero-order valence-corrected chi connectivity index (χ0v) is 19.2. The second-order valence-electron chi connectivity index (χ2n) is 9.25. The predicted octanol–water partition coefficient (Wildman–Crippen LogP) is 5.48. The molecule has 0 heterocycles. The first-order valence-electron chi connectivity index (χ1n) is 11.2. The summed E-state index contributed by atoms with van der Waals surface area (Å²) in [7, 11) is 0. The highest BCUT2D eigenvalue weighted by Gasteiger charge is 2.31.